The van der Waals surface area contributed by atoms with Crippen LogP contribution in [0.25, 0.3) is 0 Å². The monoisotopic (exact) mass is 330 g/mol. The quantitative estimate of drug-likeness (QED) is 0.829. The highest BCUT2D eigenvalue weighted by Gasteiger charge is 2.22. The Kier molecular flexibility index (Phi) is 6.30. The standard InChI is InChI=1S/C14H16ClFN2O4/c1-7(2)17-14(21)18-12(19)8(3)22-13(20)10-5-4-9(15)6-11(10)16/h4-8H,1-3H3,(H2,17,18,19,21)/t8-/m1/s1. The van der Waals surface area contributed by atoms with Crippen LogP contribution in [0.1, 0.15) is 31.1 Å². The van der Waals surface area contributed by atoms with Crippen LogP contribution in [0.4, 0.5) is 9.18 Å². The van der Waals surface area contributed by atoms with Gasteiger partial charge in [-0.2, -0.15) is 0 Å². The summed E-state index contributed by atoms with van der Waals surface area (Å²) in [6, 6.07) is 2.56. The number of carbonyl (C=O) groups is 3. The lowest BCUT2D eigenvalue weighted by Crippen LogP contribution is -2.46. The smallest absolute Gasteiger partial charge is 0.341 e. The first-order chi connectivity index (χ1) is 10.2. The van der Waals surface area contributed by atoms with E-state index < -0.39 is 29.8 Å². The summed E-state index contributed by atoms with van der Waals surface area (Å²) in [6.07, 6.45) is -1.26. The first-order valence-electron chi connectivity index (χ1n) is 6.48. The van der Waals surface area contributed by atoms with Crippen molar-refractivity contribution in [3.05, 3.63) is 34.6 Å². The van der Waals surface area contributed by atoms with Gasteiger partial charge in [-0.05, 0) is 39.0 Å². The Labute approximate surface area is 132 Å². The number of amides is 3. The van der Waals surface area contributed by atoms with Crippen molar-refractivity contribution < 1.29 is 23.5 Å². The number of carbonyl (C=O) groups excluding carboxylic acids is 3. The maximum absolute atomic E-state index is 13.6. The van der Waals surface area contributed by atoms with Crippen molar-refractivity contribution in [2.24, 2.45) is 0 Å². The molecule has 0 aliphatic carbocycles. The topological polar surface area (TPSA) is 84.5 Å². The van der Waals surface area contributed by atoms with Crippen LogP contribution in [0, 0.1) is 5.82 Å². The number of urea groups is 1. The number of ether oxygens (including phenoxy) is 1. The zero-order valence-electron chi connectivity index (χ0n) is 12.3. The summed E-state index contributed by atoms with van der Waals surface area (Å²) in [4.78, 5) is 34.8. The number of nitrogens with one attached hydrogen (secondary N) is 2. The van der Waals surface area contributed by atoms with Gasteiger partial charge in [0, 0.05) is 11.1 Å². The molecule has 6 nitrogen and oxygen atoms in total. The SMILES string of the molecule is CC(C)NC(=O)NC(=O)[C@@H](C)OC(=O)c1ccc(Cl)cc1F. The van der Waals surface area contributed by atoms with Gasteiger partial charge in [-0.25, -0.2) is 14.0 Å². The van der Waals surface area contributed by atoms with Crippen molar-refractivity contribution in [3.8, 4) is 0 Å². The van der Waals surface area contributed by atoms with E-state index in [0.717, 1.165) is 12.1 Å². The molecule has 1 aromatic rings. The number of rotatable bonds is 4. The number of imide groups is 1. The maximum atomic E-state index is 13.6. The molecular weight excluding hydrogens is 315 g/mol. The third-order valence-electron chi connectivity index (χ3n) is 2.46. The van der Waals surface area contributed by atoms with Gasteiger partial charge < -0.3 is 10.1 Å². The molecule has 22 heavy (non-hydrogen) atoms. The largest absolute Gasteiger partial charge is 0.449 e. The molecule has 8 heteroatoms. The second kappa shape index (κ2) is 7.74. The zero-order valence-corrected chi connectivity index (χ0v) is 13.0. The normalized spacial score (nSPS) is 11.7. The summed E-state index contributed by atoms with van der Waals surface area (Å²) in [5.41, 5.74) is -0.351. The minimum atomic E-state index is -1.26. The molecule has 1 rings (SSSR count). The molecule has 0 aromatic heterocycles. The van der Waals surface area contributed by atoms with Crippen molar-refractivity contribution in [1.82, 2.24) is 10.6 Å². The van der Waals surface area contributed by atoms with E-state index in [9.17, 15) is 18.8 Å². The van der Waals surface area contributed by atoms with E-state index in [2.05, 4.69) is 5.32 Å². The lowest BCUT2D eigenvalue weighted by atomic mass is 10.2. The summed E-state index contributed by atoms with van der Waals surface area (Å²) in [6.45, 7) is 4.71. The van der Waals surface area contributed by atoms with E-state index in [1.54, 1.807) is 13.8 Å². The van der Waals surface area contributed by atoms with Gasteiger partial charge in [0.25, 0.3) is 5.91 Å². The van der Waals surface area contributed by atoms with E-state index in [0.29, 0.717) is 0 Å². The van der Waals surface area contributed by atoms with Crippen molar-refractivity contribution in [2.45, 2.75) is 32.9 Å². The Morgan fingerprint density at radius 3 is 2.41 bits per heavy atom. The highest BCUT2D eigenvalue weighted by Crippen LogP contribution is 2.16. The summed E-state index contributed by atoms with van der Waals surface area (Å²) >= 11 is 5.58. The molecular formula is C14H16ClFN2O4. The van der Waals surface area contributed by atoms with Crippen molar-refractivity contribution >= 4 is 29.5 Å². The molecule has 0 aliphatic rings. The van der Waals surface area contributed by atoms with Crippen LogP contribution >= 0.6 is 11.6 Å². The molecule has 0 radical (unpaired) electrons. The third kappa shape index (κ3) is 5.33. The van der Waals surface area contributed by atoms with Gasteiger partial charge in [-0.3, -0.25) is 10.1 Å². The fourth-order valence-electron chi connectivity index (χ4n) is 1.44. The van der Waals surface area contributed by atoms with E-state index >= 15 is 0 Å². The Morgan fingerprint density at radius 1 is 1.23 bits per heavy atom. The molecule has 0 spiro atoms. The second-order valence-electron chi connectivity index (χ2n) is 4.79. The average Bonchev–Trinajstić information content (AvgIpc) is 2.36. The third-order valence-corrected chi connectivity index (χ3v) is 2.70. The summed E-state index contributed by atoms with van der Waals surface area (Å²) < 4.78 is 18.4. The van der Waals surface area contributed by atoms with Crippen molar-refractivity contribution in [3.63, 3.8) is 0 Å². The second-order valence-corrected chi connectivity index (χ2v) is 5.23. The van der Waals surface area contributed by atoms with Gasteiger partial charge in [-0.1, -0.05) is 11.6 Å². The van der Waals surface area contributed by atoms with Crippen molar-refractivity contribution in [1.29, 1.82) is 0 Å². The van der Waals surface area contributed by atoms with Crippen LogP contribution in [0.15, 0.2) is 18.2 Å². The average molecular weight is 331 g/mol. The van der Waals surface area contributed by atoms with Gasteiger partial charge in [0.05, 0.1) is 5.56 Å². The first-order valence-corrected chi connectivity index (χ1v) is 6.86. The van der Waals surface area contributed by atoms with E-state index in [1.807, 2.05) is 5.32 Å². The Morgan fingerprint density at radius 2 is 1.86 bits per heavy atom. The number of hydrogen-bond donors (Lipinski definition) is 2. The van der Waals surface area contributed by atoms with Crippen LogP contribution in [0.5, 0.6) is 0 Å². The van der Waals surface area contributed by atoms with E-state index in [4.69, 9.17) is 16.3 Å². The fraction of sp³-hybridized carbons (Fsp3) is 0.357. The van der Waals surface area contributed by atoms with Gasteiger partial charge >= 0.3 is 12.0 Å². The molecule has 2 N–H and O–H groups in total. The van der Waals surface area contributed by atoms with Gasteiger partial charge in [0.15, 0.2) is 6.10 Å². The Hall–Kier alpha value is -2.15. The molecule has 1 aromatic carbocycles. The predicted octanol–water partition coefficient (Wildman–Crippen LogP) is 2.26. The number of hydrogen-bond acceptors (Lipinski definition) is 4. The molecule has 1 atom stereocenters. The number of halogens is 2. The van der Waals surface area contributed by atoms with Gasteiger partial charge in [0.1, 0.15) is 5.82 Å². The Bertz CT molecular complexity index is 592. The summed E-state index contributed by atoms with van der Waals surface area (Å²) in [5, 5.41) is 4.58. The zero-order chi connectivity index (χ0) is 16.9. The minimum absolute atomic E-state index is 0.130. The molecule has 0 bridgehead atoms. The van der Waals surface area contributed by atoms with Crippen LogP contribution in [-0.2, 0) is 9.53 Å². The Balaban J connectivity index is 2.63. The minimum Gasteiger partial charge on any atom is -0.449 e. The van der Waals surface area contributed by atoms with Gasteiger partial charge in [-0.15, -0.1) is 0 Å². The van der Waals surface area contributed by atoms with Crippen LogP contribution in [-0.4, -0.2) is 30.1 Å². The molecule has 120 valence electrons. The molecule has 0 heterocycles. The molecule has 0 saturated heterocycles. The molecule has 0 fully saturated rings. The summed E-state index contributed by atoms with van der Waals surface area (Å²) in [7, 11) is 0. The highest BCUT2D eigenvalue weighted by atomic mass is 35.5. The summed E-state index contributed by atoms with van der Waals surface area (Å²) in [5.74, 6) is -2.70. The number of benzene rings is 1. The fourth-order valence-corrected chi connectivity index (χ4v) is 1.60. The van der Waals surface area contributed by atoms with Crippen LogP contribution < -0.4 is 10.6 Å². The first kappa shape index (κ1) is 17.9. The molecule has 0 aliphatic heterocycles. The van der Waals surface area contributed by atoms with Crippen molar-refractivity contribution in [2.75, 3.05) is 0 Å². The van der Waals surface area contributed by atoms with E-state index in [-0.39, 0.29) is 16.6 Å². The predicted molar refractivity (Wildman–Crippen MR) is 78.1 cm³/mol. The van der Waals surface area contributed by atoms with Crippen LogP contribution in [0.3, 0.4) is 0 Å². The lowest BCUT2D eigenvalue weighted by molar-refractivity contribution is -0.127. The molecule has 0 saturated carbocycles. The molecule has 0 unspecified atom stereocenters. The van der Waals surface area contributed by atoms with Crippen LogP contribution in [0.2, 0.25) is 5.02 Å². The lowest BCUT2D eigenvalue weighted by Gasteiger charge is -2.14. The molecule has 3 amide bonds. The van der Waals surface area contributed by atoms with E-state index in [1.165, 1.54) is 13.0 Å². The maximum Gasteiger partial charge on any atom is 0.341 e. The van der Waals surface area contributed by atoms with Gasteiger partial charge in [0.2, 0.25) is 0 Å². The number of esters is 1. The highest BCUT2D eigenvalue weighted by molar-refractivity contribution is 6.30.